The van der Waals surface area contributed by atoms with Crippen LogP contribution in [0.25, 0.3) is 0 Å². The Hall–Kier alpha value is -3.08. The lowest BCUT2D eigenvalue weighted by atomic mass is 10.1. The topological polar surface area (TPSA) is 53.4 Å². The number of rotatable bonds is 5. The van der Waals surface area contributed by atoms with Gasteiger partial charge in [-0.25, -0.2) is 4.98 Å². The molecular weight excluding hydrogens is 292 g/mol. The zero-order valence-electron chi connectivity index (χ0n) is 12.9. The molecule has 0 saturated carbocycles. The SMILES string of the molecule is COc1ccc(Oc2ccc(C(=O)c3nccn3C)cc2)cc1. The Morgan fingerprint density at radius 3 is 2.04 bits per heavy atom. The number of benzene rings is 2. The second-order valence-electron chi connectivity index (χ2n) is 4.99. The minimum Gasteiger partial charge on any atom is -0.497 e. The summed E-state index contributed by atoms with van der Waals surface area (Å²) in [6, 6.07) is 14.3. The van der Waals surface area contributed by atoms with E-state index < -0.39 is 0 Å². The van der Waals surface area contributed by atoms with Crippen molar-refractivity contribution in [3.05, 3.63) is 72.3 Å². The molecule has 0 saturated heterocycles. The molecule has 0 unspecified atom stereocenters. The van der Waals surface area contributed by atoms with Crippen molar-refractivity contribution in [2.24, 2.45) is 7.05 Å². The molecule has 0 spiro atoms. The van der Waals surface area contributed by atoms with Crippen LogP contribution in [0.2, 0.25) is 0 Å². The molecule has 0 amide bonds. The molecule has 5 nitrogen and oxygen atoms in total. The Labute approximate surface area is 134 Å². The Balaban J connectivity index is 1.74. The van der Waals surface area contributed by atoms with E-state index in [4.69, 9.17) is 9.47 Å². The first-order valence-corrected chi connectivity index (χ1v) is 7.11. The fourth-order valence-electron chi connectivity index (χ4n) is 2.17. The highest BCUT2D eigenvalue weighted by atomic mass is 16.5. The first kappa shape index (κ1) is 14.8. The van der Waals surface area contributed by atoms with E-state index in [0.29, 0.717) is 22.9 Å². The van der Waals surface area contributed by atoms with Gasteiger partial charge in [0.25, 0.3) is 0 Å². The number of carbonyl (C=O) groups excluding carboxylic acids is 1. The molecule has 0 aliphatic heterocycles. The number of carbonyl (C=O) groups is 1. The minimum absolute atomic E-state index is 0.117. The van der Waals surface area contributed by atoms with Crippen molar-refractivity contribution in [2.45, 2.75) is 0 Å². The van der Waals surface area contributed by atoms with E-state index in [-0.39, 0.29) is 5.78 Å². The summed E-state index contributed by atoms with van der Waals surface area (Å²) in [7, 11) is 3.41. The minimum atomic E-state index is -0.117. The van der Waals surface area contributed by atoms with Crippen LogP contribution in [-0.2, 0) is 7.05 Å². The molecule has 0 radical (unpaired) electrons. The summed E-state index contributed by atoms with van der Waals surface area (Å²) in [6.45, 7) is 0. The van der Waals surface area contributed by atoms with E-state index in [1.54, 1.807) is 55.4 Å². The van der Waals surface area contributed by atoms with Crippen LogP contribution in [0.4, 0.5) is 0 Å². The zero-order chi connectivity index (χ0) is 16.2. The van der Waals surface area contributed by atoms with Crippen LogP contribution in [0.3, 0.4) is 0 Å². The zero-order valence-corrected chi connectivity index (χ0v) is 12.9. The molecule has 1 aromatic heterocycles. The maximum Gasteiger partial charge on any atom is 0.228 e. The predicted octanol–water partition coefficient (Wildman–Crippen LogP) is 3.45. The summed E-state index contributed by atoms with van der Waals surface area (Å²) in [5, 5.41) is 0. The Kier molecular flexibility index (Phi) is 4.10. The van der Waals surface area contributed by atoms with Gasteiger partial charge in [-0.1, -0.05) is 0 Å². The summed E-state index contributed by atoms with van der Waals surface area (Å²) in [5.74, 6) is 2.43. The molecule has 2 aromatic carbocycles. The van der Waals surface area contributed by atoms with E-state index >= 15 is 0 Å². The molecule has 23 heavy (non-hydrogen) atoms. The molecule has 0 bridgehead atoms. The molecule has 1 heterocycles. The van der Waals surface area contributed by atoms with Gasteiger partial charge < -0.3 is 14.0 Å². The number of imidazole rings is 1. The van der Waals surface area contributed by atoms with E-state index in [9.17, 15) is 4.79 Å². The van der Waals surface area contributed by atoms with Crippen molar-refractivity contribution in [1.82, 2.24) is 9.55 Å². The van der Waals surface area contributed by atoms with Crippen molar-refractivity contribution < 1.29 is 14.3 Å². The average molecular weight is 308 g/mol. The van der Waals surface area contributed by atoms with E-state index in [0.717, 1.165) is 5.75 Å². The molecule has 3 rings (SSSR count). The summed E-state index contributed by atoms with van der Waals surface area (Å²) in [6.07, 6.45) is 3.35. The smallest absolute Gasteiger partial charge is 0.228 e. The van der Waals surface area contributed by atoms with Crippen LogP contribution in [0.5, 0.6) is 17.2 Å². The van der Waals surface area contributed by atoms with E-state index in [1.165, 1.54) is 0 Å². The van der Waals surface area contributed by atoms with Crippen LogP contribution in [0.15, 0.2) is 60.9 Å². The molecule has 0 fully saturated rings. The van der Waals surface area contributed by atoms with Gasteiger partial charge in [-0.3, -0.25) is 4.79 Å². The third kappa shape index (κ3) is 3.23. The summed E-state index contributed by atoms with van der Waals surface area (Å²) in [5.41, 5.74) is 0.571. The Bertz CT molecular complexity index is 805. The quantitative estimate of drug-likeness (QED) is 0.677. The largest absolute Gasteiger partial charge is 0.497 e. The van der Waals surface area contributed by atoms with Gasteiger partial charge >= 0.3 is 0 Å². The Morgan fingerprint density at radius 1 is 0.957 bits per heavy atom. The van der Waals surface area contributed by atoms with Crippen LogP contribution in [-0.4, -0.2) is 22.4 Å². The van der Waals surface area contributed by atoms with Crippen molar-refractivity contribution >= 4 is 5.78 Å². The van der Waals surface area contributed by atoms with E-state index in [1.807, 2.05) is 24.3 Å². The lowest BCUT2D eigenvalue weighted by Crippen LogP contribution is -2.08. The van der Waals surface area contributed by atoms with Crippen LogP contribution in [0, 0.1) is 0 Å². The summed E-state index contributed by atoms with van der Waals surface area (Å²) >= 11 is 0. The first-order valence-electron chi connectivity index (χ1n) is 7.11. The fourth-order valence-corrected chi connectivity index (χ4v) is 2.17. The molecule has 3 aromatic rings. The number of hydrogen-bond acceptors (Lipinski definition) is 4. The number of nitrogens with zero attached hydrogens (tertiary/aromatic N) is 2. The van der Waals surface area contributed by atoms with Crippen LogP contribution in [0.1, 0.15) is 16.2 Å². The molecule has 0 N–H and O–H groups in total. The lowest BCUT2D eigenvalue weighted by Gasteiger charge is -2.07. The summed E-state index contributed by atoms with van der Waals surface area (Å²) < 4.78 is 12.5. The highest BCUT2D eigenvalue weighted by Gasteiger charge is 2.13. The second-order valence-corrected chi connectivity index (χ2v) is 4.99. The van der Waals surface area contributed by atoms with Crippen molar-refractivity contribution in [2.75, 3.05) is 7.11 Å². The predicted molar refractivity (Wildman–Crippen MR) is 86.2 cm³/mol. The summed E-state index contributed by atoms with van der Waals surface area (Å²) in [4.78, 5) is 16.4. The molecule has 0 aliphatic carbocycles. The fraction of sp³-hybridized carbons (Fsp3) is 0.111. The molecule has 116 valence electrons. The first-order chi connectivity index (χ1) is 11.2. The number of ketones is 1. The number of ether oxygens (including phenoxy) is 2. The van der Waals surface area contributed by atoms with Crippen LogP contribution < -0.4 is 9.47 Å². The number of hydrogen-bond donors (Lipinski definition) is 0. The van der Waals surface area contributed by atoms with Gasteiger partial charge in [-0.05, 0) is 48.5 Å². The van der Waals surface area contributed by atoms with Crippen LogP contribution >= 0.6 is 0 Å². The van der Waals surface area contributed by atoms with Gasteiger partial charge in [0.1, 0.15) is 17.2 Å². The number of methoxy groups -OCH3 is 1. The highest BCUT2D eigenvalue weighted by Crippen LogP contribution is 2.24. The van der Waals surface area contributed by atoms with Crippen molar-refractivity contribution in [1.29, 1.82) is 0 Å². The standard InChI is InChI=1S/C18H16N2O3/c1-20-12-11-19-18(20)17(21)13-3-5-15(6-4-13)23-16-9-7-14(22-2)8-10-16/h3-12H,1-2H3. The molecule has 5 heteroatoms. The van der Waals surface area contributed by atoms with Crippen molar-refractivity contribution in [3.63, 3.8) is 0 Å². The van der Waals surface area contributed by atoms with Gasteiger partial charge in [0.15, 0.2) is 5.82 Å². The van der Waals surface area contributed by atoms with Gasteiger partial charge in [-0.15, -0.1) is 0 Å². The average Bonchev–Trinajstić information content (AvgIpc) is 3.02. The molecule has 0 atom stereocenters. The van der Waals surface area contributed by atoms with Gasteiger partial charge in [0, 0.05) is 25.0 Å². The molecular formula is C18H16N2O3. The maximum absolute atomic E-state index is 12.3. The third-order valence-corrected chi connectivity index (χ3v) is 3.44. The van der Waals surface area contributed by atoms with Gasteiger partial charge in [0.05, 0.1) is 7.11 Å². The monoisotopic (exact) mass is 308 g/mol. The second kappa shape index (κ2) is 6.36. The number of aryl methyl sites for hydroxylation is 1. The molecule has 0 aliphatic rings. The Morgan fingerprint density at radius 2 is 1.52 bits per heavy atom. The van der Waals surface area contributed by atoms with Gasteiger partial charge in [0.2, 0.25) is 5.78 Å². The number of aromatic nitrogens is 2. The third-order valence-electron chi connectivity index (χ3n) is 3.44. The maximum atomic E-state index is 12.3. The van der Waals surface area contributed by atoms with Crippen molar-refractivity contribution in [3.8, 4) is 17.2 Å². The van der Waals surface area contributed by atoms with E-state index in [2.05, 4.69) is 4.98 Å². The lowest BCUT2D eigenvalue weighted by molar-refractivity contribution is 0.102. The highest BCUT2D eigenvalue weighted by molar-refractivity contribution is 6.06. The van der Waals surface area contributed by atoms with Gasteiger partial charge in [-0.2, -0.15) is 0 Å². The normalized spacial score (nSPS) is 10.3.